The number of hydrogen-bond acceptors (Lipinski definition) is 4. The van der Waals surface area contributed by atoms with E-state index in [0.29, 0.717) is 12.0 Å². The fourth-order valence-corrected chi connectivity index (χ4v) is 0.991. The topological polar surface area (TPSA) is 85.2 Å². The highest BCUT2D eigenvalue weighted by atomic mass is 19.1. The van der Waals surface area contributed by atoms with Crippen LogP contribution in [0.3, 0.4) is 0 Å². The van der Waals surface area contributed by atoms with Crippen LogP contribution in [0.25, 0.3) is 0 Å². The number of rotatable bonds is 3. The van der Waals surface area contributed by atoms with Crippen molar-refractivity contribution in [2.75, 3.05) is 12.3 Å². The number of nitrogens with zero attached hydrogens (tertiary/aromatic N) is 1. The summed E-state index contributed by atoms with van der Waals surface area (Å²) >= 11 is 0. The van der Waals surface area contributed by atoms with Crippen molar-refractivity contribution in [2.45, 2.75) is 12.5 Å². The Balaban J connectivity index is 2.84. The van der Waals surface area contributed by atoms with Crippen LogP contribution in [0.4, 0.5) is 10.1 Å². The van der Waals surface area contributed by atoms with Crippen molar-refractivity contribution in [3.05, 3.63) is 23.8 Å². The van der Waals surface area contributed by atoms with Gasteiger partial charge in [-0.1, -0.05) is 0 Å². The second kappa shape index (κ2) is 4.15. The van der Waals surface area contributed by atoms with Gasteiger partial charge in [0, 0.05) is 18.8 Å². The first-order chi connectivity index (χ1) is 6.15. The van der Waals surface area contributed by atoms with Crippen molar-refractivity contribution >= 4 is 5.69 Å². The number of nitrogen functional groups attached to an aromatic ring is 1. The summed E-state index contributed by atoms with van der Waals surface area (Å²) in [6.07, 6.45) is 1.73. The lowest BCUT2D eigenvalue weighted by Gasteiger charge is -2.10. The molecule has 0 radical (unpaired) electrons. The fourth-order valence-electron chi connectivity index (χ4n) is 0.991. The van der Waals surface area contributed by atoms with Crippen LogP contribution < -0.4 is 11.5 Å². The molecule has 0 aliphatic rings. The minimum Gasteiger partial charge on any atom is -0.396 e. The minimum absolute atomic E-state index is 0.0154. The van der Waals surface area contributed by atoms with E-state index in [4.69, 9.17) is 16.6 Å². The number of aliphatic hydroxyl groups excluding tert-OH is 1. The van der Waals surface area contributed by atoms with Gasteiger partial charge in [-0.25, -0.2) is 4.98 Å². The number of hydrogen-bond donors (Lipinski definition) is 3. The molecule has 1 aromatic rings. The SMILES string of the molecule is Nc1cc([C@H](N)CCO)cnc1F. The lowest BCUT2D eigenvalue weighted by atomic mass is 10.1. The normalized spacial score (nSPS) is 12.8. The molecule has 5 N–H and O–H groups in total. The maximum atomic E-state index is 12.6. The lowest BCUT2D eigenvalue weighted by molar-refractivity contribution is 0.276. The highest BCUT2D eigenvalue weighted by Gasteiger charge is 2.08. The van der Waals surface area contributed by atoms with Gasteiger partial charge in [-0.15, -0.1) is 0 Å². The molecule has 0 saturated carbocycles. The van der Waals surface area contributed by atoms with Crippen molar-refractivity contribution < 1.29 is 9.50 Å². The minimum atomic E-state index is -0.694. The third kappa shape index (κ3) is 2.37. The highest BCUT2D eigenvalue weighted by molar-refractivity contribution is 5.39. The Morgan fingerprint density at radius 2 is 2.31 bits per heavy atom. The Morgan fingerprint density at radius 1 is 1.62 bits per heavy atom. The first kappa shape index (κ1) is 9.88. The van der Waals surface area contributed by atoms with E-state index in [0.717, 1.165) is 0 Å². The van der Waals surface area contributed by atoms with Gasteiger partial charge in [-0.05, 0) is 18.1 Å². The van der Waals surface area contributed by atoms with E-state index >= 15 is 0 Å². The molecule has 0 aromatic carbocycles. The molecular formula is C8H12FN3O. The fraction of sp³-hybridized carbons (Fsp3) is 0.375. The summed E-state index contributed by atoms with van der Waals surface area (Å²) < 4.78 is 12.6. The second-order valence-electron chi connectivity index (χ2n) is 2.77. The van der Waals surface area contributed by atoms with Gasteiger partial charge >= 0.3 is 0 Å². The molecule has 0 amide bonds. The average molecular weight is 185 g/mol. The Hall–Kier alpha value is -1.20. The van der Waals surface area contributed by atoms with Gasteiger partial charge in [0.25, 0.3) is 0 Å². The van der Waals surface area contributed by atoms with E-state index in [9.17, 15) is 4.39 Å². The number of nitrogens with two attached hydrogens (primary N) is 2. The molecule has 1 heterocycles. The number of aliphatic hydroxyl groups is 1. The summed E-state index contributed by atoms with van der Waals surface area (Å²) in [6, 6.07) is 1.09. The van der Waals surface area contributed by atoms with Gasteiger partial charge in [0.15, 0.2) is 0 Å². The van der Waals surface area contributed by atoms with Gasteiger partial charge < -0.3 is 16.6 Å². The molecule has 0 spiro atoms. The summed E-state index contributed by atoms with van der Waals surface area (Å²) in [5.74, 6) is -0.694. The Kier molecular flexibility index (Phi) is 3.16. The maximum Gasteiger partial charge on any atom is 0.236 e. The summed E-state index contributed by atoms with van der Waals surface area (Å²) in [4.78, 5) is 3.43. The molecular weight excluding hydrogens is 173 g/mol. The molecule has 0 aliphatic carbocycles. The number of anilines is 1. The third-order valence-corrected chi connectivity index (χ3v) is 1.76. The van der Waals surface area contributed by atoms with Gasteiger partial charge in [0.2, 0.25) is 5.95 Å². The van der Waals surface area contributed by atoms with Crippen LogP contribution in [0, 0.1) is 5.95 Å². The van der Waals surface area contributed by atoms with Gasteiger partial charge in [-0.2, -0.15) is 4.39 Å². The molecule has 1 rings (SSSR count). The Morgan fingerprint density at radius 3 is 2.85 bits per heavy atom. The molecule has 0 unspecified atom stereocenters. The van der Waals surface area contributed by atoms with Gasteiger partial charge in [-0.3, -0.25) is 0 Å². The van der Waals surface area contributed by atoms with Crippen LogP contribution >= 0.6 is 0 Å². The highest BCUT2D eigenvalue weighted by Crippen LogP contribution is 2.16. The molecule has 0 fully saturated rings. The standard InChI is InChI=1S/C8H12FN3O/c9-8-7(11)3-5(4-12-8)6(10)1-2-13/h3-4,6,13H,1-2,10-11H2/t6-/m1/s1. The van der Waals surface area contributed by atoms with E-state index in [1.165, 1.54) is 12.3 Å². The van der Waals surface area contributed by atoms with Crippen LogP contribution in [0.15, 0.2) is 12.3 Å². The largest absolute Gasteiger partial charge is 0.396 e. The molecule has 1 atom stereocenters. The molecule has 0 bridgehead atoms. The zero-order valence-corrected chi connectivity index (χ0v) is 7.07. The van der Waals surface area contributed by atoms with Gasteiger partial charge in [0.05, 0.1) is 5.69 Å². The van der Waals surface area contributed by atoms with Gasteiger partial charge in [0.1, 0.15) is 0 Å². The molecule has 5 heteroatoms. The molecule has 1 aromatic heterocycles. The Labute approximate surface area is 75.4 Å². The first-order valence-electron chi connectivity index (χ1n) is 3.92. The second-order valence-corrected chi connectivity index (χ2v) is 2.77. The Bertz CT molecular complexity index is 293. The van der Waals surface area contributed by atoms with E-state index in [-0.39, 0.29) is 18.3 Å². The smallest absolute Gasteiger partial charge is 0.236 e. The molecule has 0 saturated heterocycles. The van der Waals surface area contributed by atoms with Crippen molar-refractivity contribution in [3.8, 4) is 0 Å². The zero-order chi connectivity index (χ0) is 9.84. The van der Waals surface area contributed by atoms with Crippen molar-refractivity contribution in [1.82, 2.24) is 4.98 Å². The maximum absolute atomic E-state index is 12.6. The van der Waals surface area contributed by atoms with Crippen molar-refractivity contribution in [3.63, 3.8) is 0 Å². The molecule has 72 valence electrons. The first-order valence-corrected chi connectivity index (χ1v) is 3.92. The number of pyridine rings is 1. The number of halogens is 1. The quantitative estimate of drug-likeness (QED) is 0.586. The summed E-state index contributed by atoms with van der Waals surface area (Å²) in [7, 11) is 0. The lowest BCUT2D eigenvalue weighted by Crippen LogP contribution is -2.13. The molecule has 4 nitrogen and oxygen atoms in total. The van der Waals surface area contributed by atoms with E-state index < -0.39 is 5.95 Å². The monoisotopic (exact) mass is 185 g/mol. The van der Waals surface area contributed by atoms with Crippen LogP contribution in [0.2, 0.25) is 0 Å². The predicted octanol–water partition coefficient (Wildman–Crippen LogP) is 0.185. The zero-order valence-electron chi connectivity index (χ0n) is 7.07. The molecule has 0 aliphatic heterocycles. The summed E-state index contributed by atoms with van der Waals surface area (Å²) in [6.45, 7) is -0.0154. The van der Waals surface area contributed by atoms with Crippen LogP contribution in [-0.2, 0) is 0 Å². The summed E-state index contributed by atoms with van der Waals surface area (Å²) in [5.41, 5.74) is 11.6. The summed E-state index contributed by atoms with van der Waals surface area (Å²) in [5, 5.41) is 8.62. The third-order valence-electron chi connectivity index (χ3n) is 1.76. The molecule has 13 heavy (non-hydrogen) atoms. The van der Waals surface area contributed by atoms with E-state index in [1.54, 1.807) is 0 Å². The van der Waals surface area contributed by atoms with Crippen LogP contribution in [0.1, 0.15) is 18.0 Å². The average Bonchev–Trinajstić information content (AvgIpc) is 2.10. The number of aromatic nitrogens is 1. The predicted molar refractivity (Wildman–Crippen MR) is 47.2 cm³/mol. The van der Waals surface area contributed by atoms with Crippen LogP contribution in [-0.4, -0.2) is 16.7 Å². The van der Waals surface area contributed by atoms with Crippen LogP contribution in [0.5, 0.6) is 0 Å². The van der Waals surface area contributed by atoms with Crippen molar-refractivity contribution in [2.24, 2.45) is 5.73 Å². The van der Waals surface area contributed by atoms with E-state index in [2.05, 4.69) is 4.98 Å². The van der Waals surface area contributed by atoms with E-state index in [1.807, 2.05) is 0 Å². The van der Waals surface area contributed by atoms with Crippen molar-refractivity contribution in [1.29, 1.82) is 0 Å².